The van der Waals surface area contributed by atoms with Gasteiger partial charge in [0.2, 0.25) is 5.91 Å². The van der Waals surface area contributed by atoms with Crippen molar-refractivity contribution in [1.82, 2.24) is 5.32 Å². The van der Waals surface area contributed by atoms with Gasteiger partial charge >= 0.3 is 0 Å². The zero-order valence-corrected chi connectivity index (χ0v) is 13.6. The highest BCUT2D eigenvalue weighted by molar-refractivity contribution is 5.75. The smallest absolute Gasteiger partial charge is 0.220 e. The Bertz CT molecular complexity index is 469. The van der Waals surface area contributed by atoms with Gasteiger partial charge < -0.3 is 14.8 Å². The molecule has 4 heteroatoms. The highest BCUT2D eigenvalue weighted by Crippen LogP contribution is 2.28. The standard InChI is InChI=1S/C18H27NO3/c1-21-16-9-5-8-15(12-16)17(22-2)13-19-18(20)11-10-14-6-3-4-7-14/h5,8-9,12,14,17H,3-4,6-7,10-11,13H2,1-2H3,(H,19,20). The molecule has 1 aliphatic rings. The van der Waals surface area contributed by atoms with Gasteiger partial charge in [-0.1, -0.05) is 37.8 Å². The molecule has 1 atom stereocenters. The summed E-state index contributed by atoms with van der Waals surface area (Å²) in [6.07, 6.45) is 6.73. The molecule has 1 aromatic carbocycles. The van der Waals surface area contributed by atoms with Crippen LogP contribution in [0.5, 0.6) is 5.75 Å². The van der Waals surface area contributed by atoms with Crippen LogP contribution in [0.25, 0.3) is 0 Å². The van der Waals surface area contributed by atoms with Crippen molar-refractivity contribution < 1.29 is 14.3 Å². The Morgan fingerprint density at radius 3 is 2.77 bits per heavy atom. The first-order valence-corrected chi connectivity index (χ1v) is 8.16. The van der Waals surface area contributed by atoms with E-state index in [1.165, 1.54) is 25.7 Å². The van der Waals surface area contributed by atoms with Gasteiger partial charge in [0.1, 0.15) is 5.75 Å². The molecule has 2 rings (SSSR count). The topological polar surface area (TPSA) is 47.6 Å². The number of rotatable bonds is 8. The van der Waals surface area contributed by atoms with Crippen molar-refractivity contribution in [1.29, 1.82) is 0 Å². The second-order valence-electron chi connectivity index (χ2n) is 5.99. The summed E-state index contributed by atoms with van der Waals surface area (Å²) in [4.78, 5) is 12.0. The Morgan fingerprint density at radius 2 is 2.09 bits per heavy atom. The highest BCUT2D eigenvalue weighted by atomic mass is 16.5. The van der Waals surface area contributed by atoms with Crippen LogP contribution >= 0.6 is 0 Å². The van der Waals surface area contributed by atoms with Gasteiger partial charge in [-0.15, -0.1) is 0 Å². The van der Waals surface area contributed by atoms with Crippen LogP contribution in [0.4, 0.5) is 0 Å². The van der Waals surface area contributed by atoms with Crippen molar-refractivity contribution in [3.63, 3.8) is 0 Å². The number of carbonyl (C=O) groups excluding carboxylic acids is 1. The van der Waals surface area contributed by atoms with E-state index < -0.39 is 0 Å². The third-order valence-electron chi connectivity index (χ3n) is 4.49. The predicted octanol–water partition coefficient (Wildman–Crippen LogP) is 3.47. The molecule has 1 unspecified atom stereocenters. The molecule has 1 aliphatic carbocycles. The monoisotopic (exact) mass is 305 g/mol. The van der Waals surface area contributed by atoms with Crippen molar-refractivity contribution in [3.8, 4) is 5.75 Å². The molecular formula is C18H27NO3. The molecule has 0 heterocycles. The second kappa shape index (κ2) is 8.79. The molecule has 1 fully saturated rings. The summed E-state index contributed by atoms with van der Waals surface area (Å²) >= 11 is 0. The maximum Gasteiger partial charge on any atom is 0.220 e. The van der Waals surface area contributed by atoms with E-state index in [2.05, 4.69) is 5.32 Å². The number of carbonyl (C=O) groups is 1. The fourth-order valence-corrected chi connectivity index (χ4v) is 3.11. The van der Waals surface area contributed by atoms with Crippen LogP contribution in [-0.4, -0.2) is 26.7 Å². The summed E-state index contributed by atoms with van der Waals surface area (Å²) in [5.41, 5.74) is 1.01. The van der Waals surface area contributed by atoms with Crippen molar-refractivity contribution in [2.75, 3.05) is 20.8 Å². The number of benzene rings is 1. The Balaban J connectivity index is 1.78. The molecule has 0 bridgehead atoms. The van der Waals surface area contributed by atoms with Gasteiger partial charge in [0.15, 0.2) is 0 Å². The van der Waals surface area contributed by atoms with Gasteiger partial charge in [0.05, 0.1) is 13.2 Å². The summed E-state index contributed by atoms with van der Waals surface area (Å²) < 4.78 is 10.7. The van der Waals surface area contributed by atoms with Crippen LogP contribution in [0.2, 0.25) is 0 Å². The largest absolute Gasteiger partial charge is 0.497 e. The van der Waals surface area contributed by atoms with Gasteiger partial charge in [-0.2, -0.15) is 0 Å². The zero-order valence-electron chi connectivity index (χ0n) is 13.6. The third kappa shape index (κ3) is 5.02. The first kappa shape index (κ1) is 16.8. The Hall–Kier alpha value is -1.55. The van der Waals surface area contributed by atoms with Crippen molar-refractivity contribution in [2.45, 2.75) is 44.6 Å². The molecule has 22 heavy (non-hydrogen) atoms. The van der Waals surface area contributed by atoms with Gasteiger partial charge in [-0.05, 0) is 30.0 Å². The minimum atomic E-state index is -0.148. The van der Waals surface area contributed by atoms with Crippen LogP contribution in [0, 0.1) is 5.92 Å². The lowest BCUT2D eigenvalue weighted by atomic mass is 10.0. The first-order valence-electron chi connectivity index (χ1n) is 8.16. The van der Waals surface area contributed by atoms with Crippen LogP contribution in [0.1, 0.15) is 50.2 Å². The SMILES string of the molecule is COc1cccc(C(CNC(=O)CCC2CCCC2)OC)c1. The lowest BCUT2D eigenvalue weighted by Gasteiger charge is -2.17. The maximum atomic E-state index is 12.0. The number of methoxy groups -OCH3 is 2. The Labute approximate surface area is 133 Å². The fourth-order valence-electron chi connectivity index (χ4n) is 3.11. The molecule has 1 aromatic rings. The average Bonchev–Trinajstić information content (AvgIpc) is 3.07. The van der Waals surface area contributed by atoms with E-state index >= 15 is 0 Å². The summed E-state index contributed by atoms with van der Waals surface area (Å²) in [7, 11) is 3.31. The average molecular weight is 305 g/mol. The third-order valence-corrected chi connectivity index (χ3v) is 4.49. The fraction of sp³-hybridized carbons (Fsp3) is 0.611. The quantitative estimate of drug-likeness (QED) is 0.800. The van der Waals surface area contributed by atoms with Gasteiger partial charge in [0.25, 0.3) is 0 Å². The van der Waals surface area contributed by atoms with Gasteiger partial charge in [-0.25, -0.2) is 0 Å². The zero-order chi connectivity index (χ0) is 15.8. The highest BCUT2D eigenvalue weighted by Gasteiger charge is 2.17. The van der Waals surface area contributed by atoms with Crippen LogP contribution < -0.4 is 10.1 Å². The molecule has 0 spiro atoms. The molecule has 1 amide bonds. The van der Waals surface area contributed by atoms with Crippen molar-refractivity contribution >= 4 is 5.91 Å². The molecular weight excluding hydrogens is 278 g/mol. The molecule has 1 N–H and O–H groups in total. The van der Waals surface area contributed by atoms with Crippen LogP contribution in [0.3, 0.4) is 0 Å². The summed E-state index contributed by atoms with van der Waals surface area (Å²) in [6, 6.07) is 7.76. The molecule has 0 aliphatic heterocycles. The molecule has 4 nitrogen and oxygen atoms in total. The summed E-state index contributed by atoms with van der Waals surface area (Å²) in [5.74, 6) is 1.67. The Kier molecular flexibility index (Phi) is 6.72. The maximum absolute atomic E-state index is 12.0. The van der Waals surface area contributed by atoms with Crippen LogP contribution in [0.15, 0.2) is 24.3 Å². The van der Waals surface area contributed by atoms with E-state index in [4.69, 9.17) is 9.47 Å². The molecule has 0 saturated heterocycles. The first-order chi connectivity index (χ1) is 10.7. The lowest BCUT2D eigenvalue weighted by Crippen LogP contribution is -2.29. The van der Waals surface area contributed by atoms with E-state index in [-0.39, 0.29) is 12.0 Å². The van der Waals surface area contributed by atoms with E-state index in [1.807, 2.05) is 24.3 Å². The number of amides is 1. The van der Waals surface area contributed by atoms with E-state index in [1.54, 1.807) is 14.2 Å². The summed E-state index contributed by atoms with van der Waals surface area (Å²) in [6.45, 7) is 0.493. The predicted molar refractivity (Wildman–Crippen MR) is 86.9 cm³/mol. The van der Waals surface area contributed by atoms with E-state index in [9.17, 15) is 4.79 Å². The second-order valence-corrected chi connectivity index (χ2v) is 5.99. The summed E-state index contributed by atoms with van der Waals surface area (Å²) in [5, 5.41) is 2.99. The number of nitrogens with one attached hydrogen (secondary N) is 1. The van der Waals surface area contributed by atoms with Crippen molar-refractivity contribution in [3.05, 3.63) is 29.8 Å². The molecule has 122 valence electrons. The van der Waals surface area contributed by atoms with Gasteiger partial charge in [0, 0.05) is 20.1 Å². The minimum absolute atomic E-state index is 0.122. The normalized spacial score (nSPS) is 16.5. The molecule has 0 aromatic heterocycles. The van der Waals surface area contributed by atoms with Crippen LogP contribution in [-0.2, 0) is 9.53 Å². The van der Waals surface area contributed by atoms with Gasteiger partial charge in [-0.3, -0.25) is 4.79 Å². The van der Waals surface area contributed by atoms with Crippen molar-refractivity contribution in [2.24, 2.45) is 5.92 Å². The lowest BCUT2D eigenvalue weighted by molar-refractivity contribution is -0.122. The minimum Gasteiger partial charge on any atom is -0.497 e. The number of hydrogen-bond donors (Lipinski definition) is 1. The number of hydrogen-bond acceptors (Lipinski definition) is 3. The van der Waals surface area contributed by atoms with E-state index in [0.717, 1.165) is 23.7 Å². The number of ether oxygens (including phenoxy) is 2. The van der Waals surface area contributed by atoms with E-state index in [0.29, 0.717) is 13.0 Å². The Morgan fingerprint density at radius 1 is 1.32 bits per heavy atom. The molecule has 0 radical (unpaired) electrons. The molecule has 1 saturated carbocycles.